The van der Waals surface area contributed by atoms with Crippen LogP contribution in [0.3, 0.4) is 0 Å². The van der Waals surface area contributed by atoms with Gasteiger partial charge in [-0.3, -0.25) is 4.79 Å². The van der Waals surface area contributed by atoms with Gasteiger partial charge in [-0.15, -0.1) is 0 Å². The lowest BCUT2D eigenvalue weighted by Gasteiger charge is -2.18. The van der Waals surface area contributed by atoms with Crippen LogP contribution in [-0.2, 0) is 4.79 Å². The molecule has 0 radical (unpaired) electrons. The van der Waals surface area contributed by atoms with Crippen molar-refractivity contribution in [2.24, 2.45) is 5.92 Å². The number of hydrogen-bond acceptors (Lipinski definition) is 1. The van der Waals surface area contributed by atoms with Crippen LogP contribution in [-0.4, -0.2) is 5.91 Å². The summed E-state index contributed by atoms with van der Waals surface area (Å²) < 4.78 is 0. The first-order valence-corrected chi connectivity index (χ1v) is 4.34. The van der Waals surface area contributed by atoms with Crippen LogP contribution in [0.5, 0.6) is 0 Å². The molecule has 0 spiro atoms. The van der Waals surface area contributed by atoms with E-state index in [9.17, 15) is 4.79 Å². The van der Waals surface area contributed by atoms with Crippen molar-refractivity contribution in [3.8, 4) is 0 Å². The minimum Gasteiger partial charge on any atom is -0.329 e. The summed E-state index contributed by atoms with van der Waals surface area (Å²) in [5.74, 6) is 0.625. The van der Waals surface area contributed by atoms with Crippen LogP contribution < -0.4 is 5.32 Å². The number of rotatable bonds is 0. The van der Waals surface area contributed by atoms with Crippen molar-refractivity contribution >= 4 is 5.91 Å². The molecule has 1 saturated heterocycles. The molecule has 1 aliphatic heterocycles. The fourth-order valence-electron chi connectivity index (χ4n) is 2.12. The van der Waals surface area contributed by atoms with Gasteiger partial charge in [0.05, 0.1) is 0 Å². The van der Waals surface area contributed by atoms with Crippen molar-refractivity contribution < 1.29 is 4.79 Å². The maximum absolute atomic E-state index is 11.1. The predicted octanol–water partition coefficient (Wildman–Crippen LogP) is 1.75. The summed E-state index contributed by atoms with van der Waals surface area (Å²) in [6.45, 7) is 4.19. The molecule has 1 aliphatic carbocycles. The van der Waals surface area contributed by atoms with Gasteiger partial charge in [0.25, 0.3) is 0 Å². The second-order valence-electron chi connectivity index (χ2n) is 3.74. The van der Waals surface area contributed by atoms with Gasteiger partial charge in [0.15, 0.2) is 0 Å². The van der Waals surface area contributed by atoms with E-state index in [1.54, 1.807) is 0 Å². The lowest BCUT2D eigenvalue weighted by molar-refractivity contribution is -0.119. The molecule has 1 amide bonds. The number of nitrogens with one attached hydrogen (secondary N) is 1. The van der Waals surface area contributed by atoms with E-state index in [4.69, 9.17) is 0 Å². The third-order valence-electron chi connectivity index (χ3n) is 2.57. The lowest BCUT2D eigenvalue weighted by Crippen LogP contribution is -2.15. The van der Waals surface area contributed by atoms with Crippen molar-refractivity contribution in [2.45, 2.75) is 26.7 Å². The third kappa shape index (κ3) is 1.07. The summed E-state index contributed by atoms with van der Waals surface area (Å²) in [7, 11) is 0. The van der Waals surface area contributed by atoms with E-state index in [2.05, 4.69) is 25.2 Å². The molecule has 0 aromatic carbocycles. The Labute approximate surface area is 72.3 Å². The predicted molar refractivity (Wildman–Crippen MR) is 47.3 cm³/mol. The number of allylic oxidation sites excluding steroid dienone is 4. The molecule has 2 nitrogen and oxygen atoms in total. The molecule has 1 heterocycles. The molecule has 2 heteroatoms. The van der Waals surface area contributed by atoms with Gasteiger partial charge in [-0.25, -0.2) is 0 Å². The summed E-state index contributed by atoms with van der Waals surface area (Å²) in [5.41, 5.74) is 3.78. The highest BCUT2D eigenvalue weighted by Crippen LogP contribution is 2.33. The normalized spacial score (nSPS) is 28.3. The Kier molecular flexibility index (Phi) is 1.56. The summed E-state index contributed by atoms with van der Waals surface area (Å²) in [4.78, 5) is 11.1. The van der Waals surface area contributed by atoms with Crippen molar-refractivity contribution in [2.75, 3.05) is 0 Å². The van der Waals surface area contributed by atoms with Crippen LogP contribution in [0.25, 0.3) is 0 Å². The Morgan fingerprint density at radius 1 is 1.42 bits per heavy atom. The minimum absolute atomic E-state index is 0.178. The average molecular weight is 163 g/mol. The Morgan fingerprint density at radius 3 is 2.92 bits per heavy atom. The van der Waals surface area contributed by atoms with E-state index < -0.39 is 0 Å². The molecule has 2 rings (SSSR count). The van der Waals surface area contributed by atoms with Crippen LogP contribution in [0.2, 0.25) is 0 Å². The molecule has 1 unspecified atom stereocenters. The van der Waals surface area contributed by atoms with Crippen molar-refractivity contribution in [1.29, 1.82) is 0 Å². The number of carbonyl (C=O) groups excluding carboxylic acids is 1. The van der Waals surface area contributed by atoms with Gasteiger partial charge in [0.1, 0.15) is 0 Å². The zero-order valence-electron chi connectivity index (χ0n) is 7.48. The van der Waals surface area contributed by atoms with E-state index in [0.717, 1.165) is 12.1 Å². The highest BCUT2D eigenvalue weighted by Gasteiger charge is 2.30. The molecule has 1 N–H and O–H groups in total. The highest BCUT2D eigenvalue weighted by molar-refractivity contribution is 5.82. The number of hydrogen-bond donors (Lipinski definition) is 1. The van der Waals surface area contributed by atoms with Gasteiger partial charge in [-0.05, 0) is 25.8 Å². The largest absolute Gasteiger partial charge is 0.329 e. The van der Waals surface area contributed by atoms with Crippen molar-refractivity contribution in [3.63, 3.8) is 0 Å². The fraction of sp³-hybridized carbons (Fsp3) is 0.500. The summed E-state index contributed by atoms with van der Waals surface area (Å²) in [6, 6.07) is 0. The quantitative estimate of drug-likeness (QED) is 0.579. The van der Waals surface area contributed by atoms with Gasteiger partial charge in [0, 0.05) is 18.0 Å². The summed E-state index contributed by atoms with van der Waals surface area (Å²) in [5, 5.41) is 2.92. The highest BCUT2D eigenvalue weighted by atomic mass is 16.1. The zero-order chi connectivity index (χ0) is 8.72. The van der Waals surface area contributed by atoms with Crippen molar-refractivity contribution in [3.05, 3.63) is 22.9 Å². The first-order chi connectivity index (χ1) is 5.66. The Bertz CT molecular complexity index is 299. The van der Waals surface area contributed by atoms with Gasteiger partial charge < -0.3 is 5.32 Å². The molecule has 2 aliphatic rings. The van der Waals surface area contributed by atoms with E-state index in [1.165, 1.54) is 11.1 Å². The summed E-state index contributed by atoms with van der Waals surface area (Å²) in [6.07, 6.45) is 3.89. The number of amides is 1. The first-order valence-electron chi connectivity index (χ1n) is 4.34. The smallest absolute Gasteiger partial charge is 0.224 e. The topological polar surface area (TPSA) is 29.1 Å². The van der Waals surface area contributed by atoms with Crippen molar-refractivity contribution in [1.82, 2.24) is 5.32 Å². The zero-order valence-corrected chi connectivity index (χ0v) is 7.48. The van der Waals surface area contributed by atoms with Crippen LogP contribution in [0.15, 0.2) is 22.9 Å². The molecule has 0 saturated carbocycles. The minimum atomic E-state index is 0.178. The van der Waals surface area contributed by atoms with Gasteiger partial charge in [-0.1, -0.05) is 11.6 Å². The van der Waals surface area contributed by atoms with Crippen LogP contribution >= 0.6 is 0 Å². The third-order valence-corrected chi connectivity index (χ3v) is 2.57. The standard InChI is InChI=1S/C10H13NO/c1-6-3-7(2)10-8(4-6)5-9(12)11-10/h3,8H,4-5H2,1-2H3,(H,11,12). The van der Waals surface area contributed by atoms with E-state index in [1.807, 2.05) is 0 Å². The molecule has 0 aromatic heterocycles. The SMILES string of the molecule is CC1=CC(C)=C2NC(=O)CC2C1. The maximum atomic E-state index is 11.1. The Hall–Kier alpha value is -1.05. The van der Waals surface area contributed by atoms with Crippen LogP contribution in [0.4, 0.5) is 0 Å². The molecule has 1 atom stereocenters. The maximum Gasteiger partial charge on any atom is 0.224 e. The lowest BCUT2D eigenvalue weighted by atomic mass is 9.89. The van der Waals surface area contributed by atoms with E-state index >= 15 is 0 Å². The molecule has 0 bridgehead atoms. The molecule has 0 aromatic rings. The molecular weight excluding hydrogens is 150 g/mol. The van der Waals surface area contributed by atoms with E-state index in [-0.39, 0.29) is 5.91 Å². The van der Waals surface area contributed by atoms with Gasteiger partial charge in [-0.2, -0.15) is 0 Å². The molecule has 12 heavy (non-hydrogen) atoms. The molecule has 64 valence electrons. The Balaban J connectivity index is 2.36. The van der Waals surface area contributed by atoms with Crippen LogP contribution in [0.1, 0.15) is 26.7 Å². The molecular formula is C10H13NO. The number of fused-ring (bicyclic) bond motifs is 1. The Morgan fingerprint density at radius 2 is 2.17 bits per heavy atom. The second-order valence-corrected chi connectivity index (χ2v) is 3.74. The first kappa shape index (κ1) is 7.59. The second kappa shape index (κ2) is 2.47. The molecule has 1 fully saturated rings. The average Bonchev–Trinajstić information content (AvgIpc) is 2.29. The monoisotopic (exact) mass is 163 g/mol. The van der Waals surface area contributed by atoms with E-state index in [0.29, 0.717) is 12.3 Å². The summed E-state index contributed by atoms with van der Waals surface area (Å²) >= 11 is 0. The van der Waals surface area contributed by atoms with Gasteiger partial charge in [0.2, 0.25) is 5.91 Å². The van der Waals surface area contributed by atoms with Crippen LogP contribution in [0, 0.1) is 5.92 Å². The fourth-order valence-corrected chi connectivity index (χ4v) is 2.12. The number of carbonyl (C=O) groups is 1. The van der Waals surface area contributed by atoms with Gasteiger partial charge >= 0.3 is 0 Å².